The van der Waals surface area contributed by atoms with Crippen LogP contribution >= 0.6 is 27.3 Å². The van der Waals surface area contributed by atoms with Crippen LogP contribution in [0.5, 0.6) is 0 Å². The molecule has 0 saturated carbocycles. The van der Waals surface area contributed by atoms with E-state index in [2.05, 4.69) is 46.1 Å². The van der Waals surface area contributed by atoms with Crippen molar-refractivity contribution in [2.75, 3.05) is 0 Å². The van der Waals surface area contributed by atoms with Crippen molar-refractivity contribution in [2.24, 2.45) is 0 Å². The van der Waals surface area contributed by atoms with Gasteiger partial charge < -0.3 is 5.32 Å². The first-order chi connectivity index (χ1) is 8.97. The number of aromatic nitrogens is 1. The predicted octanol–water partition coefficient (Wildman–Crippen LogP) is 4.01. The normalized spacial score (nSPS) is 12.2. The molecule has 2 rings (SSSR count). The highest BCUT2D eigenvalue weighted by atomic mass is 79.9. The molecule has 0 fully saturated rings. The van der Waals surface area contributed by atoms with E-state index in [-0.39, 0.29) is 11.9 Å². The maximum absolute atomic E-state index is 12.1. The van der Waals surface area contributed by atoms with E-state index in [1.807, 2.05) is 6.92 Å². The fourth-order valence-electron chi connectivity index (χ4n) is 1.97. The van der Waals surface area contributed by atoms with Crippen molar-refractivity contribution in [3.8, 4) is 0 Å². The average Bonchev–Trinajstić information content (AvgIpc) is 2.68. The van der Waals surface area contributed by atoms with E-state index in [0.29, 0.717) is 5.56 Å². The highest BCUT2D eigenvalue weighted by molar-refractivity contribution is 9.10. The molecule has 0 aromatic carbocycles. The molecule has 0 aliphatic carbocycles. The second-order valence-corrected chi connectivity index (χ2v) is 6.83. The Morgan fingerprint density at radius 2 is 2.11 bits per heavy atom. The van der Waals surface area contributed by atoms with Gasteiger partial charge in [-0.2, -0.15) is 0 Å². The Balaban J connectivity index is 2.13. The van der Waals surface area contributed by atoms with E-state index < -0.39 is 0 Å². The van der Waals surface area contributed by atoms with Crippen molar-refractivity contribution in [3.05, 3.63) is 49.9 Å². The molecule has 0 spiro atoms. The Morgan fingerprint density at radius 3 is 2.68 bits per heavy atom. The van der Waals surface area contributed by atoms with E-state index in [4.69, 9.17) is 0 Å². The van der Waals surface area contributed by atoms with E-state index in [1.165, 1.54) is 15.3 Å². The SMILES string of the molecule is Cc1cc(C(C)NC(=O)c2cncc(Br)c2)c(C)s1. The van der Waals surface area contributed by atoms with Crippen molar-refractivity contribution in [1.82, 2.24) is 10.3 Å². The molecule has 1 atom stereocenters. The fourth-order valence-corrected chi connectivity index (χ4v) is 3.36. The number of amides is 1. The number of rotatable bonds is 3. The van der Waals surface area contributed by atoms with Crippen LogP contribution in [-0.2, 0) is 0 Å². The summed E-state index contributed by atoms with van der Waals surface area (Å²) >= 11 is 5.07. The summed E-state index contributed by atoms with van der Waals surface area (Å²) < 4.78 is 0.801. The fraction of sp³-hybridized carbons (Fsp3) is 0.286. The third-order valence-corrected chi connectivity index (χ3v) is 4.28. The monoisotopic (exact) mass is 338 g/mol. The number of aryl methyl sites for hydroxylation is 2. The van der Waals surface area contributed by atoms with Gasteiger partial charge in [-0.25, -0.2) is 0 Å². The molecule has 2 aromatic rings. The summed E-state index contributed by atoms with van der Waals surface area (Å²) in [6.45, 7) is 6.15. The lowest BCUT2D eigenvalue weighted by atomic mass is 10.1. The molecule has 3 nitrogen and oxygen atoms in total. The first kappa shape index (κ1) is 14.2. The zero-order valence-corrected chi connectivity index (χ0v) is 13.4. The Hall–Kier alpha value is -1.20. The van der Waals surface area contributed by atoms with Crippen LogP contribution in [0.4, 0.5) is 0 Å². The van der Waals surface area contributed by atoms with Crippen molar-refractivity contribution in [1.29, 1.82) is 0 Å². The van der Waals surface area contributed by atoms with Crippen molar-refractivity contribution in [3.63, 3.8) is 0 Å². The van der Waals surface area contributed by atoms with E-state index >= 15 is 0 Å². The Morgan fingerprint density at radius 1 is 1.37 bits per heavy atom. The molecule has 2 aromatic heterocycles. The molecule has 0 aliphatic heterocycles. The maximum Gasteiger partial charge on any atom is 0.253 e. The lowest BCUT2D eigenvalue weighted by Gasteiger charge is -2.14. The summed E-state index contributed by atoms with van der Waals surface area (Å²) in [7, 11) is 0. The van der Waals surface area contributed by atoms with E-state index in [0.717, 1.165) is 4.47 Å². The highest BCUT2D eigenvalue weighted by Gasteiger charge is 2.15. The van der Waals surface area contributed by atoms with Gasteiger partial charge in [0.05, 0.1) is 11.6 Å². The Labute approximate surface area is 125 Å². The highest BCUT2D eigenvalue weighted by Crippen LogP contribution is 2.26. The van der Waals surface area contributed by atoms with Crippen LogP contribution in [0.3, 0.4) is 0 Å². The predicted molar refractivity (Wildman–Crippen MR) is 81.6 cm³/mol. The van der Waals surface area contributed by atoms with Gasteiger partial charge in [-0.1, -0.05) is 0 Å². The molecule has 19 heavy (non-hydrogen) atoms. The van der Waals surface area contributed by atoms with Gasteiger partial charge in [-0.3, -0.25) is 9.78 Å². The molecule has 100 valence electrons. The van der Waals surface area contributed by atoms with Gasteiger partial charge in [0.15, 0.2) is 0 Å². The second kappa shape index (κ2) is 5.84. The summed E-state index contributed by atoms with van der Waals surface area (Å²) in [5.41, 5.74) is 1.74. The van der Waals surface area contributed by atoms with Gasteiger partial charge in [0.25, 0.3) is 5.91 Å². The minimum absolute atomic E-state index is 0.00330. The van der Waals surface area contributed by atoms with Crippen molar-refractivity contribution in [2.45, 2.75) is 26.8 Å². The van der Waals surface area contributed by atoms with Crippen LogP contribution in [0.15, 0.2) is 29.0 Å². The number of halogens is 1. The number of carbonyl (C=O) groups excluding carboxylic acids is 1. The van der Waals surface area contributed by atoms with Gasteiger partial charge >= 0.3 is 0 Å². The lowest BCUT2D eigenvalue weighted by Crippen LogP contribution is -2.26. The molecule has 2 heterocycles. The summed E-state index contributed by atoms with van der Waals surface area (Å²) in [6, 6.07) is 3.89. The first-order valence-corrected chi connectivity index (χ1v) is 7.56. The zero-order valence-electron chi connectivity index (χ0n) is 11.0. The number of nitrogens with zero attached hydrogens (tertiary/aromatic N) is 1. The van der Waals surface area contributed by atoms with Gasteiger partial charge in [0.2, 0.25) is 0 Å². The van der Waals surface area contributed by atoms with Gasteiger partial charge in [-0.15, -0.1) is 11.3 Å². The molecule has 0 saturated heterocycles. The summed E-state index contributed by atoms with van der Waals surface area (Å²) in [4.78, 5) is 18.6. The van der Waals surface area contributed by atoms with Crippen LogP contribution < -0.4 is 5.32 Å². The number of nitrogens with one attached hydrogen (secondary N) is 1. The number of thiophene rings is 1. The molecular weight excluding hydrogens is 324 g/mol. The zero-order chi connectivity index (χ0) is 14.0. The smallest absolute Gasteiger partial charge is 0.253 e. The van der Waals surface area contributed by atoms with E-state index in [1.54, 1.807) is 29.8 Å². The molecular formula is C14H15BrN2OS. The van der Waals surface area contributed by atoms with Crippen molar-refractivity contribution < 1.29 is 4.79 Å². The minimum atomic E-state index is -0.107. The Kier molecular flexibility index (Phi) is 4.37. The Bertz CT molecular complexity index is 609. The van der Waals surface area contributed by atoms with Gasteiger partial charge in [0, 0.05) is 26.6 Å². The lowest BCUT2D eigenvalue weighted by molar-refractivity contribution is 0.0939. The largest absolute Gasteiger partial charge is 0.345 e. The second-order valence-electron chi connectivity index (χ2n) is 4.46. The number of hydrogen-bond acceptors (Lipinski definition) is 3. The maximum atomic E-state index is 12.1. The molecule has 1 N–H and O–H groups in total. The molecule has 1 unspecified atom stereocenters. The van der Waals surface area contributed by atoms with Crippen LogP contribution in [0.25, 0.3) is 0 Å². The van der Waals surface area contributed by atoms with Crippen LogP contribution in [0, 0.1) is 13.8 Å². The van der Waals surface area contributed by atoms with Crippen LogP contribution in [0.2, 0.25) is 0 Å². The number of hydrogen-bond donors (Lipinski definition) is 1. The molecule has 0 bridgehead atoms. The van der Waals surface area contributed by atoms with Crippen LogP contribution in [-0.4, -0.2) is 10.9 Å². The summed E-state index contributed by atoms with van der Waals surface area (Å²) in [5, 5.41) is 3.00. The first-order valence-electron chi connectivity index (χ1n) is 5.95. The van der Waals surface area contributed by atoms with Gasteiger partial charge in [-0.05, 0) is 54.4 Å². The average molecular weight is 339 g/mol. The molecule has 0 aliphatic rings. The summed E-state index contributed by atoms with van der Waals surface area (Å²) in [6.07, 6.45) is 3.23. The molecule has 5 heteroatoms. The van der Waals surface area contributed by atoms with Gasteiger partial charge in [0.1, 0.15) is 0 Å². The van der Waals surface area contributed by atoms with Crippen LogP contribution in [0.1, 0.15) is 38.6 Å². The van der Waals surface area contributed by atoms with E-state index in [9.17, 15) is 4.79 Å². The number of pyridine rings is 1. The minimum Gasteiger partial charge on any atom is -0.345 e. The molecule has 1 amide bonds. The third-order valence-electron chi connectivity index (χ3n) is 2.86. The summed E-state index contributed by atoms with van der Waals surface area (Å²) in [5.74, 6) is -0.107. The topological polar surface area (TPSA) is 42.0 Å². The number of carbonyl (C=O) groups is 1. The standard InChI is InChI=1S/C14H15BrN2OS/c1-8-4-13(10(3)19-8)9(2)17-14(18)11-5-12(15)7-16-6-11/h4-7,9H,1-3H3,(H,17,18). The molecule has 0 radical (unpaired) electrons. The third kappa shape index (κ3) is 3.42. The van der Waals surface area contributed by atoms with Crippen molar-refractivity contribution >= 4 is 33.2 Å². The quantitative estimate of drug-likeness (QED) is 0.918.